The fourth-order valence-electron chi connectivity index (χ4n) is 3.17. The maximum atomic E-state index is 13.0. The number of amides is 2. The molecular weight excluding hydrogens is 350 g/mol. The number of nitrogens with zero attached hydrogens (tertiary/aromatic N) is 2. The van der Waals surface area contributed by atoms with E-state index in [0.717, 1.165) is 0 Å². The van der Waals surface area contributed by atoms with Gasteiger partial charge in [-0.2, -0.15) is 0 Å². The van der Waals surface area contributed by atoms with Crippen LogP contribution >= 0.6 is 0 Å². The van der Waals surface area contributed by atoms with Gasteiger partial charge in [0, 0.05) is 31.8 Å². The minimum atomic E-state index is -0.550. The van der Waals surface area contributed by atoms with Crippen LogP contribution in [0.5, 0.6) is 11.5 Å². The first-order valence-electron chi connectivity index (χ1n) is 8.57. The number of furan rings is 1. The van der Waals surface area contributed by atoms with Gasteiger partial charge in [0.25, 0.3) is 5.91 Å². The van der Waals surface area contributed by atoms with Crippen molar-refractivity contribution in [3.05, 3.63) is 41.9 Å². The number of ether oxygens (including phenoxy) is 2. The van der Waals surface area contributed by atoms with E-state index in [1.54, 1.807) is 50.4 Å². The molecule has 0 radical (unpaired) electrons. The van der Waals surface area contributed by atoms with E-state index in [-0.39, 0.29) is 18.4 Å². The Kier molecular flexibility index (Phi) is 5.36. The van der Waals surface area contributed by atoms with Crippen LogP contribution in [0.2, 0.25) is 0 Å². The van der Waals surface area contributed by atoms with Gasteiger partial charge in [-0.15, -0.1) is 0 Å². The summed E-state index contributed by atoms with van der Waals surface area (Å²) in [6.07, 6.45) is 1.90. The smallest absolute Gasteiger partial charge is 0.257 e. The second-order valence-corrected chi connectivity index (χ2v) is 6.29. The van der Waals surface area contributed by atoms with Gasteiger partial charge in [0.15, 0.2) is 0 Å². The number of carbonyl (C=O) groups is 2. The Morgan fingerprint density at radius 1 is 1.26 bits per heavy atom. The van der Waals surface area contributed by atoms with Crippen LogP contribution in [0.25, 0.3) is 0 Å². The molecule has 1 atom stereocenters. The molecule has 0 spiro atoms. The standard InChI is InChI=1S/C19H23N3O5/c1-21(18(23)12-6-16(10-20)27-11-12)17-4-5-22(19(17)24)13-7-14(25-2)9-15(8-13)26-3/h6-9,11,17H,4-5,10,20H2,1-3H3. The maximum absolute atomic E-state index is 13.0. The zero-order valence-electron chi connectivity index (χ0n) is 15.6. The number of carbonyl (C=O) groups excluding carboxylic acids is 2. The topological polar surface area (TPSA) is 98.2 Å². The number of benzene rings is 1. The van der Waals surface area contributed by atoms with E-state index in [0.29, 0.717) is 41.5 Å². The Morgan fingerprint density at radius 2 is 1.93 bits per heavy atom. The predicted octanol–water partition coefficient (Wildman–Crippen LogP) is 1.63. The number of nitrogens with two attached hydrogens (primary N) is 1. The van der Waals surface area contributed by atoms with Crippen LogP contribution in [0.4, 0.5) is 5.69 Å². The first kappa shape index (κ1) is 18.8. The minimum Gasteiger partial charge on any atom is -0.497 e. The van der Waals surface area contributed by atoms with E-state index in [1.807, 2.05) is 0 Å². The van der Waals surface area contributed by atoms with Gasteiger partial charge >= 0.3 is 0 Å². The molecule has 2 heterocycles. The highest BCUT2D eigenvalue weighted by Crippen LogP contribution is 2.32. The number of rotatable bonds is 6. The molecule has 1 aromatic carbocycles. The Morgan fingerprint density at radius 3 is 2.48 bits per heavy atom. The molecule has 2 amide bonds. The second kappa shape index (κ2) is 7.71. The molecule has 2 aromatic rings. The zero-order valence-corrected chi connectivity index (χ0v) is 15.6. The maximum Gasteiger partial charge on any atom is 0.257 e. The monoisotopic (exact) mass is 373 g/mol. The molecule has 8 nitrogen and oxygen atoms in total. The highest BCUT2D eigenvalue weighted by Gasteiger charge is 2.38. The molecule has 0 aliphatic carbocycles. The lowest BCUT2D eigenvalue weighted by Crippen LogP contribution is -2.42. The molecule has 1 unspecified atom stereocenters. The summed E-state index contributed by atoms with van der Waals surface area (Å²) in [5.41, 5.74) is 6.57. The molecule has 1 aliphatic rings. The third-order valence-corrected chi connectivity index (χ3v) is 4.71. The summed E-state index contributed by atoms with van der Waals surface area (Å²) in [6.45, 7) is 0.710. The van der Waals surface area contributed by atoms with Crippen molar-refractivity contribution in [3.63, 3.8) is 0 Å². The molecule has 27 heavy (non-hydrogen) atoms. The van der Waals surface area contributed by atoms with E-state index in [2.05, 4.69) is 0 Å². The SMILES string of the molecule is COc1cc(OC)cc(N2CCC(N(C)C(=O)c3coc(CN)c3)C2=O)c1. The van der Waals surface area contributed by atoms with Crippen LogP contribution in [-0.2, 0) is 11.3 Å². The molecule has 8 heteroatoms. The van der Waals surface area contributed by atoms with Gasteiger partial charge in [0.1, 0.15) is 29.6 Å². The Hall–Kier alpha value is -3.00. The van der Waals surface area contributed by atoms with Gasteiger partial charge in [0.05, 0.1) is 32.0 Å². The van der Waals surface area contributed by atoms with Crippen molar-refractivity contribution in [3.8, 4) is 11.5 Å². The van der Waals surface area contributed by atoms with Gasteiger partial charge in [-0.1, -0.05) is 0 Å². The van der Waals surface area contributed by atoms with Gasteiger partial charge in [-0.3, -0.25) is 9.59 Å². The lowest BCUT2D eigenvalue weighted by Gasteiger charge is -2.24. The van der Waals surface area contributed by atoms with Crippen molar-refractivity contribution in [2.45, 2.75) is 19.0 Å². The normalized spacial score (nSPS) is 16.5. The third kappa shape index (κ3) is 3.61. The molecule has 0 bridgehead atoms. The van der Waals surface area contributed by atoms with Crippen LogP contribution < -0.4 is 20.1 Å². The second-order valence-electron chi connectivity index (χ2n) is 6.29. The molecule has 3 rings (SSSR count). The number of hydrogen-bond donors (Lipinski definition) is 1. The molecule has 1 aromatic heterocycles. The Balaban J connectivity index is 1.79. The Bertz CT molecular complexity index is 825. The lowest BCUT2D eigenvalue weighted by molar-refractivity contribution is -0.120. The summed E-state index contributed by atoms with van der Waals surface area (Å²) in [5, 5.41) is 0. The Labute approximate surface area is 157 Å². The number of likely N-dealkylation sites (N-methyl/N-ethyl adjacent to an activating group) is 1. The van der Waals surface area contributed by atoms with Crippen molar-refractivity contribution >= 4 is 17.5 Å². The van der Waals surface area contributed by atoms with Crippen LogP contribution in [0.15, 0.2) is 34.9 Å². The van der Waals surface area contributed by atoms with Crippen LogP contribution in [0, 0.1) is 0 Å². The molecule has 2 N–H and O–H groups in total. The molecule has 1 aliphatic heterocycles. The fourth-order valence-corrected chi connectivity index (χ4v) is 3.17. The molecular formula is C19H23N3O5. The highest BCUT2D eigenvalue weighted by molar-refractivity contribution is 6.04. The predicted molar refractivity (Wildman–Crippen MR) is 99.0 cm³/mol. The lowest BCUT2D eigenvalue weighted by atomic mass is 10.2. The van der Waals surface area contributed by atoms with Crippen molar-refractivity contribution in [2.24, 2.45) is 5.73 Å². The third-order valence-electron chi connectivity index (χ3n) is 4.71. The zero-order chi connectivity index (χ0) is 19.6. The molecule has 0 saturated carbocycles. The summed E-state index contributed by atoms with van der Waals surface area (Å²) in [5.74, 6) is 1.29. The molecule has 144 valence electrons. The van der Waals surface area contributed by atoms with Crippen LogP contribution in [-0.4, -0.2) is 50.6 Å². The molecule has 1 saturated heterocycles. The summed E-state index contributed by atoms with van der Waals surface area (Å²) in [4.78, 5) is 28.7. The first-order valence-corrected chi connectivity index (χ1v) is 8.57. The van der Waals surface area contributed by atoms with Crippen molar-refractivity contribution in [1.29, 1.82) is 0 Å². The van der Waals surface area contributed by atoms with Crippen molar-refractivity contribution < 1.29 is 23.5 Å². The van der Waals surface area contributed by atoms with E-state index < -0.39 is 6.04 Å². The van der Waals surface area contributed by atoms with Crippen LogP contribution in [0.1, 0.15) is 22.5 Å². The van der Waals surface area contributed by atoms with E-state index in [9.17, 15) is 9.59 Å². The average molecular weight is 373 g/mol. The number of hydrogen-bond acceptors (Lipinski definition) is 6. The van der Waals surface area contributed by atoms with Crippen molar-refractivity contribution in [1.82, 2.24) is 4.90 Å². The van der Waals surface area contributed by atoms with Gasteiger partial charge in [0.2, 0.25) is 5.91 Å². The largest absolute Gasteiger partial charge is 0.497 e. The summed E-state index contributed by atoms with van der Waals surface area (Å²) in [6, 6.07) is 6.34. The quantitative estimate of drug-likeness (QED) is 0.826. The van der Waals surface area contributed by atoms with E-state index in [4.69, 9.17) is 19.6 Å². The van der Waals surface area contributed by atoms with Gasteiger partial charge in [-0.05, 0) is 12.5 Å². The number of methoxy groups -OCH3 is 2. The molecule has 1 fully saturated rings. The average Bonchev–Trinajstić information content (AvgIpc) is 3.33. The minimum absolute atomic E-state index is 0.149. The number of anilines is 1. The highest BCUT2D eigenvalue weighted by atomic mass is 16.5. The summed E-state index contributed by atoms with van der Waals surface area (Å²) >= 11 is 0. The van der Waals surface area contributed by atoms with Crippen LogP contribution in [0.3, 0.4) is 0 Å². The summed E-state index contributed by atoms with van der Waals surface area (Å²) < 4.78 is 15.8. The summed E-state index contributed by atoms with van der Waals surface area (Å²) in [7, 11) is 4.73. The van der Waals surface area contributed by atoms with E-state index >= 15 is 0 Å². The fraction of sp³-hybridized carbons (Fsp3) is 0.368. The first-order chi connectivity index (χ1) is 13.0. The van der Waals surface area contributed by atoms with E-state index in [1.165, 1.54) is 11.2 Å². The van der Waals surface area contributed by atoms with Crippen molar-refractivity contribution in [2.75, 3.05) is 32.7 Å². The van der Waals surface area contributed by atoms with Gasteiger partial charge < -0.3 is 29.4 Å². The van der Waals surface area contributed by atoms with Gasteiger partial charge in [-0.25, -0.2) is 0 Å².